The largest absolute Gasteiger partial charge is 0.435 e. The van der Waals surface area contributed by atoms with Crippen LogP contribution in [0.5, 0.6) is 5.75 Å². The molecule has 1 aliphatic heterocycles. The van der Waals surface area contributed by atoms with Gasteiger partial charge in [0.15, 0.2) is 0 Å². The Morgan fingerprint density at radius 1 is 0.931 bits per heavy atom. The standard InChI is InChI=1S/C20H18Cl2F2N2O3/c21-15-10-14(11-16(22)12-15)19(28)26-7-5-25(6-8-26)18(27)9-13-1-3-17(4-2-13)29-20(23)24/h1-4,10-12,20H,5-9H2. The maximum absolute atomic E-state index is 12.6. The van der Waals surface area contributed by atoms with E-state index in [0.29, 0.717) is 47.4 Å². The number of amides is 2. The molecule has 29 heavy (non-hydrogen) atoms. The van der Waals surface area contributed by atoms with E-state index in [4.69, 9.17) is 23.2 Å². The SMILES string of the molecule is O=C(Cc1ccc(OC(F)F)cc1)N1CCN(C(=O)c2cc(Cl)cc(Cl)c2)CC1. The first-order valence-corrected chi connectivity index (χ1v) is 9.64. The molecule has 0 radical (unpaired) electrons. The zero-order valence-corrected chi connectivity index (χ0v) is 16.8. The summed E-state index contributed by atoms with van der Waals surface area (Å²) in [6, 6.07) is 10.7. The summed E-state index contributed by atoms with van der Waals surface area (Å²) in [6.07, 6.45) is 0.146. The van der Waals surface area contributed by atoms with Crippen LogP contribution >= 0.6 is 23.2 Å². The maximum Gasteiger partial charge on any atom is 0.387 e. The Bertz CT molecular complexity index is 866. The van der Waals surface area contributed by atoms with Gasteiger partial charge in [-0.1, -0.05) is 35.3 Å². The van der Waals surface area contributed by atoms with Gasteiger partial charge in [-0.15, -0.1) is 0 Å². The molecule has 1 fully saturated rings. The first-order valence-electron chi connectivity index (χ1n) is 8.89. The van der Waals surface area contributed by atoms with Crippen molar-refractivity contribution in [2.75, 3.05) is 26.2 Å². The van der Waals surface area contributed by atoms with E-state index in [9.17, 15) is 18.4 Å². The second-order valence-corrected chi connectivity index (χ2v) is 7.40. The number of hydrogen-bond donors (Lipinski definition) is 0. The minimum Gasteiger partial charge on any atom is -0.435 e. The van der Waals surface area contributed by atoms with Crippen molar-refractivity contribution in [1.82, 2.24) is 9.80 Å². The van der Waals surface area contributed by atoms with Crippen molar-refractivity contribution >= 4 is 35.0 Å². The van der Waals surface area contributed by atoms with Gasteiger partial charge in [0, 0.05) is 41.8 Å². The second-order valence-electron chi connectivity index (χ2n) is 6.53. The Morgan fingerprint density at radius 3 is 2.03 bits per heavy atom. The first kappa shape index (κ1) is 21.3. The minimum atomic E-state index is -2.88. The fourth-order valence-electron chi connectivity index (χ4n) is 3.09. The van der Waals surface area contributed by atoms with Gasteiger partial charge in [0.05, 0.1) is 6.42 Å². The highest BCUT2D eigenvalue weighted by Crippen LogP contribution is 2.21. The number of ether oxygens (including phenoxy) is 1. The van der Waals surface area contributed by atoms with Gasteiger partial charge < -0.3 is 14.5 Å². The number of carbonyl (C=O) groups excluding carboxylic acids is 2. The lowest BCUT2D eigenvalue weighted by molar-refractivity contribution is -0.131. The van der Waals surface area contributed by atoms with Crippen molar-refractivity contribution in [3.05, 3.63) is 63.6 Å². The lowest BCUT2D eigenvalue weighted by Gasteiger charge is -2.35. The van der Waals surface area contributed by atoms with Crippen LogP contribution in [0.15, 0.2) is 42.5 Å². The van der Waals surface area contributed by atoms with Crippen molar-refractivity contribution < 1.29 is 23.1 Å². The number of rotatable bonds is 5. The van der Waals surface area contributed by atoms with Crippen molar-refractivity contribution in [3.8, 4) is 5.75 Å². The summed E-state index contributed by atoms with van der Waals surface area (Å²) in [7, 11) is 0. The molecule has 1 aliphatic rings. The molecule has 0 N–H and O–H groups in total. The van der Waals surface area contributed by atoms with Gasteiger partial charge in [0.2, 0.25) is 5.91 Å². The molecule has 0 unspecified atom stereocenters. The van der Waals surface area contributed by atoms with E-state index < -0.39 is 6.61 Å². The first-order chi connectivity index (χ1) is 13.8. The van der Waals surface area contributed by atoms with E-state index in [1.807, 2.05) is 0 Å². The Balaban J connectivity index is 1.53. The smallest absolute Gasteiger partial charge is 0.387 e. The minimum absolute atomic E-state index is 0.0458. The summed E-state index contributed by atoms with van der Waals surface area (Å²) in [6.45, 7) is -1.27. The van der Waals surface area contributed by atoms with Crippen LogP contribution in [0.25, 0.3) is 0 Å². The van der Waals surface area contributed by atoms with Crippen molar-refractivity contribution in [1.29, 1.82) is 0 Å². The number of alkyl halides is 2. The summed E-state index contributed by atoms with van der Waals surface area (Å²) >= 11 is 11.9. The van der Waals surface area contributed by atoms with E-state index in [2.05, 4.69) is 4.74 Å². The lowest BCUT2D eigenvalue weighted by atomic mass is 10.1. The summed E-state index contributed by atoms with van der Waals surface area (Å²) in [5, 5.41) is 0.777. The van der Waals surface area contributed by atoms with Crippen molar-refractivity contribution in [2.45, 2.75) is 13.0 Å². The Morgan fingerprint density at radius 2 is 1.48 bits per heavy atom. The fraction of sp³-hybridized carbons (Fsp3) is 0.300. The fourth-order valence-corrected chi connectivity index (χ4v) is 3.62. The highest BCUT2D eigenvalue weighted by Gasteiger charge is 2.25. The molecule has 1 saturated heterocycles. The summed E-state index contributed by atoms with van der Waals surface area (Å²) in [5.74, 6) is -0.231. The van der Waals surface area contributed by atoms with E-state index in [0.717, 1.165) is 0 Å². The van der Waals surface area contributed by atoms with Crippen LogP contribution < -0.4 is 4.74 Å². The molecule has 0 atom stereocenters. The van der Waals surface area contributed by atoms with Crippen molar-refractivity contribution in [2.24, 2.45) is 0 Å². The molecule has 0 spiro atoms. The van der Waals surface area contributed by atoms with Gasteiger partial charge in [-0.3, -0.25) is 9.59 Å². The second kappa shape index (κ2) is 9.41. The van der Waals surface area contributed by atoms with Gasteiger partial charge in [-0.05, 0) is 35.9 Å². The predicted molar refractivity (Wildman–Crippen MR) is 106 cm³/mol. The summed E-state index contributed by atoms with van der Waals surface area (Å²) in [4.78, 5) is 28.5. The number of halogens is 4. The molecule has 2 aromatic rings. The number of carbonyl (C=O) groups is 2. The Kier molecular flexibility index (Phi) is 6.92. The van der Waals surface area contributed by atoms with Gasteiger partial charge in [0.1, 0.15) is 5.75 Å². The van der Waals surface area contributed by atoms with Crippen LogP contribution in [0.2, 0.25) is 10.0 Å². The van der Waals surface area contributed by atoms with Crippen LogP contribution in [0.1, 0.15) is 15.9 Å². The molecule has 9 heteroatoms. The maximum atomic E-state index is 12.6. The molecule has 2 aromatic carbocycles. The monoisotopic (exact) mass is 442 g/mol. The molecule has 0 aliphatic carbocycles. The van der Waals surface area contributed by atoms with Gasteiger partial charge in [0.25, 0.3) is 5.91 Å². The summed E-state index contributed by atoms with van der Waals surface area (Å²) < 4.78 is 28.7. The number of hydrogen-bond acceptors (Lipinski definition) is 3. The average molecular weight is 443 g/mol. The van der Waals surface area contributed by atoms with E-state index in [1.165, 1.54) is 12.1 Å². The number of benzene rings is 2. The van der Waals surface area contributed by atoms with Gasteiger partial charge in [-0.25, -0.2) is 0 Å². The topological polar surface area (TPSA) is 49.9 Å². The highest BCUT2D eigenvalue weighted by molar-refractivity contribution is 6.35. The van der Waals surface area contributed by atoms with Crippen LogP contribution in [0.3, 0.4) is 0 Å². The Labute approximate surface area is 176 Å². The van der Waals surface area contributed by atoms with Gasteiger partial charge in [-0.2, -0.15) is 8.78 Å². The normalized spacial score (nSPS) is 14.2. The zero-order chi connectivity index (χ0) is 21.0. The number of piperazine rings is 1. The molecule has 0 bridgehead atoms. The van der Waals surface area contributed by atoms with Crippen LogP contribution in [0, 0.1) is 0 Å². The lowest BCUT2D eigenvalue weighted by Crippen LogP contribution is -2.51. The third-order valence-corrected chi connectivity index (χ3v) is 4.97. The van der Waals surface area contributed by atoms with Crippen LogP contribution in [0.4, 0.5) is 8.78 Å². The van der Waals surface area contributed by atoms with Crippen LogP contribution in [-0.4, -0.2) is 54.4 Å². The van der Waals surface area contributed by atoms with E-state index >= 15 is 0 Å². The Hall–Kier alpha value is -2.38. The number of nitrogens with zero attached hydrogens (tertiary/aromatic N) is 2. The molecule has 5 nitrogen and oxygen atoms in total. The molecule has 0 aromatic heterocycles. The predicted octanol–water partition coefficient (Wildman–Crippen LogP) is 4.12. The average Bonchev–Trinajstić information content (AvgIpc) is 2.68. The van der Waals surface area contributed by atoms with Crippen LogP contribution in [-0.2, 0) is 11.2 Å². The van der Waals surface area contributed by atoms with Gasteiger partial charge >= 0.3 is 6.61 Å². The molecule has 2 amide bonds. The third-order valence-electron chi connectivity index (χ3n) is 4.53. The third kappa shape index (κ3) is 5.81. The summed E-state index contributed by atoms with van der Waals surface area (Å²) in [5.41, 5.74) is 1.11. The highest BCUT2D eigenvalue weighted by atomic mass is 35.5. The molecular weight excluding hydrogens is 425 g/mol. The zero-order valence-electron chi connectivity index (χ0n) is 15.3. The molecule has 154 valence electrons. The van der Waals surface area contributed by atoms with Crippen molar-refractivity contribution in [3.63, 3.8) is 0 Å². The molecule has 1 heterocycles. The molecule has 0 saturated carbocycles. The van der Waals surface area contributed by atoms with E-state index in [1.54, 1.807) is 40.1 Å². The quantitative estimate of drug-likeness (QED) is 0.699. The van der Waals surface area contributed by atoms with E-state index in [-0.39, 0.29) is 24.0 Å². The molecular formula is C20H18Cl2F2N2O3. The molecule has 3 rings (SSSR count).